The Morgan fingerprint density at radius 3 is 2.14 bits per heavy atom. The Bertz CT molecular complexity index is 670. The van der Waals surface area contributed by atoms with Crippen molar-refractivity contribution in [2.24, 2.45) is 0 Å². The minimum Gasteiger partial charge on any atom is -0.869 e. The highest BCUT2D eigenvalue weighted by Gasteiger charge is 2.27. The molecule has 2 aromatic carbocycles. The predicted molar refractivity (Wildman–Crippen MR) is 71.4 cm³/mol. The van der Waals surface area contributed by atoms with Crippen LogP contribution in [0.3, 0.4) is 0 Å². The van der Waals surface area contributed by atoms with Gasteiger partial charge in [-0.2, -0.15) is 0 Å². The van der Waals surface area contributed by atoms with Gasteiger partial charge in [0.05, 0.1) is 5.56 Å². The molecule has 0 radical (unpaired) electrons. The van der Waals surface area contributed by atoms with E-state index in [9.17, 15) is 19.8 Å². The van der Waals surface area contributed by atoms with Gasteiger partial charge in [-0.05, 0) is 37.8 Å². The van der Waals surface area contributed by atoms with Crippen molar-refractivity contribution < 1.29 is 41.0 Å². The van der Waals surface area contributed by atoms with E-state index in [1.54, 1.807) is 0 Å². The number of hydrogen-bond acceptors (Lipinski definition) is 4. The molecule has 4 nitrogen and oxygen atoms in total. The number of hydrogen-bond donors (Lipinski definition) is 1. The summed E-state index contributed by atoms with van der Waals surface area (Å²) in [7, 11) is 0. The zero-order chi connectivity index (χ0) is 15.6. The Morgan fingerprint density at radius 1 is 1.05 bits per heavy atom. The third kappa shape index (κ3) is 3.24. The predicted octanol–water partition coefficient (Wildman–Crippen LogP) is -1.00. The minimum atomic E-state index is -0.966. The molecule has 21 heavy (non-hydrogen) atoms. The lowest BCUT2D eigenvalue weighted by molar-refractivity contribution is -0.604. The molecule has 0 unspecified atom stereocenters. The molecule has 0 atom stereocenters. The summed E-state index contributed by atoms with van der Waals surface area (Å²) in [4.78, 5) is 23.2. The molecule has 1 N–H and O–H groups in total. The highest BCUT2D eigenvalue weighted by atomic mass is 127. The number of Topliss-reactive ketones (excluding diaryl/α,β-unsaturated/α-hetero) is 2. The van der Waals surface area contributed by atoms with Crippen molar-refractivity contribution >= 4 is 11.6 Å². The van der Waals surface area contributed by atoms with Gasteiger partial charge in [-0.25, -0.2) is 0 Å². The maximum atomic E-state index is 12.3. The highest BCUT2D eigenvalue weighted by Crippen LogP contribution is 2.26. The Labute approximate surface area is 132 Å². The van der Waals surface area contributed by atoms with E-state index in [-0.39, 0.29) is 26.2 Å². The highest BCUT2D eigenvalue weighted by molar-refractivity contribution is 6.02. The molecular formula is C16H13IO4. The fraction of sp³-hybridized carbons (Fsp3) is 0.125. The Morgan fingerprint density at radius 2 is 1.62 bits per heavy atom. The lowest BCUT2D eigenvalue weighted by atomic mass is 10.0. The van der Waals surface area contributed by atoms with E-state index in [4.69, 9.17) is 0 Å². The Hall–Kier alpha value is -1.89. The molecule has 2 rings (SSSR count). The summed E-state index contributed by atoms with van der Waals surface area (Å²) in [6.07, 6.45) is 0. The lowest BCUT2D eigenvalue weighted by Crippen LogP contribution is -3.61. The number of rotatable bonds is 4. The van der Waals surface area contributed by atoms with E-state index in [2.05, 4.69) is 0 Å². The van der Waals surface area contributed by atoms with Gasteiger partial charge in [0.2, 0.25) is 3.57 Å². The zero-order valence-electron chi connectivity index (χ0n) is 11.5. The molecule has 0 fully saturated rings. The van der Waals surface area contributed by atoms with Crippen molar-refractivity contribution in [3.8, 4) is 11.5 Å². The van der Waals surface area contributed by atoms with E-state index in [0.29, 0.717) is 0 Å². The molecule has 0 aliphatic carbocycles. The molecule has 0 aromatic heterocycles. The van der Waals surface area contributed by atoms with Crippen LogP contribution >= 0.6 is 0 Å². The summed E-state index contributed by atoms with van der Waals surface area (Å²) in [6, 6.07) is 10.5. The summed E-state index contributed by atoms with van der Waals surface area (Å²) in [5, 5.41) is 22.5. The minimum absolute atomic E-state index is 0.0328. The van der Waals surface area contributed by atoms with Gasteiger partial charge in [0.25, 0.3) is 0 Å². The second kappa shape index (κ2) is 6.26. The van der Waals surface area contributed by atoms with E-state index in [1.165, 1.54) is 19.9 Å². The van der Waals surface area contributed by atoms with Gasteiger partial charge in [-0.3, -0.25) is 9.59 Å². The van der Waals surface area contributed by atoms with E-state index in [1.807, 2.05) is 30.3 Å². The van der Waals surface area contributed by atoms with Crippen LogP contribution in [0, 0.1) is 7.14 Å². The largest absolute Gasteiger partial charge is 0.869 e. The molecule has 0 bridgehead atoms. The third-order valence-electron chi connectivity index (χ3n) is 2.89. The average Bonchev–Trinajstić information content (AvgIpc) is 2.44. The summed E-state index contributed by atoms with van der Waals surface area (Å²) >= 11 is -0.966. The van der Waals surface area contributed by atoms with Crippen LogP contribution in [0.2, 0.25) is 0 Å². The monoisotopic (exact) mass is 396 g/mol. The third-order valence-corrected chi connectivity index (χ3v) is 5.77. The quantitative estimate of drug-likeness (QED) is 0.532. The fourth-order valence-corrected chi connectivity index (χ4v) is 4.31. The van der Waals surface area contributed by atoms with Crippen molar-refractivity contribution in [3.63, 3.8) is 0 Å². The number of aromatic hydroxyl groups is 1. The van der Waals surface area contributed by atoms with E-state index >= 15 is 0 Å². The number of benzene rings is 2. The topological polar surface area (TPSA) is 77.4 Å². The van der Waals surface area contributed by atoms with Crippen molar-refractivity contribution in [3.05, 3.63) is 54.7 Å². The van der Waals surface area contributed by atoms with Crippen LogP contribution in [0.4, 0.5) is 0 Å². The van der Waals surface area contributed by atoms with Crippen LogP contribution in [-0.2, 0) is 0 Å². The smallest absolute Gasteiger partial charge is 0.361 e. The van der Waals surface area contributed by atoms with Gasteiger partial charge in [0, 0.05) is 5.56 Å². The average molecular weight is 396 g/mol. The molecule has 0 saturated carbocycles. The SMILES string of the molecule is CC(=O)c1cc(C(C)=O)c(O)c([I+]c2ccccc2)c1[O-]. The van der Waals surface area contributed by atoms with Gasteiger partial charge in [0.15, 0.2) is 20.9 Å². The van der Waals surface area contributed by atoms with Crippen LogP contribution in [0.5, 0.6) is 11.5 Å². The molecule has 0 aliphatic heterocycles. The molecule has 108 valence electrons. The zero-order valence-corrected chi connectivity index (χ0v) is 13.7. The Kier molecular flexibility index (Phi) is 4.62. The molecule has 2 aromatic rings. The normalized spacial score (nSPS) is 10.4. The molecule has 0 aliphatic rings. The number of carbonyl (C=O) groups is 2. The van der Waals surface area contributed by atoms with Crippen molar-refractivity contribution in [2.45, 2.75) is 13.8 Å². The number of carbonyl (C=O) groups excluding carboxylic acids is 2. The van der Waals surface area contributed by atoms with Gasteiger partial charge in [0.1, 0.15) is 0 Å². The lowest BCUT2D eigenvalue weighted by Gasteiger charge is -2.14. The van der Waals surface area contributed by atoms with Crippen LogP contribution < -0.4 is 26.3 Å². The van der Waals surface area contributed by atoms with Crippen LogP contribution in [0.1, 0.15) is 34.6 Å². The van der Waals surface area contributed by atoms with E-state index < -0.39 is 32.7 Å². The van der Waals surface area contributed by atoms with Gasteiger partial charge < -0.3 is 10.2 Å². The second-order valence-corrected chi connectivity index (χ2v) is 7.33. The standard InChI is InChI=1S/C16H13IO4/c1-9(18)12-8-13(10(2)19)16(21)14(15(12)20)17-11-6-4-3-5-7-11/h3-8H,1-2H3,(H-,18,19,20,21). The van der Waals surface area contributed by atoms with Crippen molar-refractivity contribution in [1.82, 2.24) is 0 Å². The summed E-state index contributed by atoms with van der Waals surface area (Å²) in [5.74, 6) is -1.52. The summed E-state index contributed by atoms with van der Waals surface area (Å²) < 4.78 is 1.12. The Balaban J connectivity index is 2.63. The molecular weight excluding hydrogens is 383 g/mol. The van der Waals surface area contributed by atoms with Crippen LogP contribution in [-0.4, -0.2) is 16.7 Å². The molecule has 0 amide bonds. The molecule has 5 heteroatoms. The van der Waals surface area contributed by atoms with Crippen molar-refractivity contribution in [1.29, 1.82) is 0 Å². The van der Waals surface area contributed by atoms with Crippen molar-refractivity contribution in [2.75, 3.05) is 0 Å². The summed E-state index contributed by atoms with van der Waals surface area (Å²) in [5.41, 5.74) is -0.00550. The summed E-state index contributed by atoms with van der Waals surface area (Å²) in [6.45, 7) is 2.58. The molecule has 0 saturated heterocycles. The second-order valence-electron chi connectivity index (χ2n) is 4.47. The molecule has 0 spiro atoms. The number of ketones is 2. The van der Waals surface area contributed by atoms with Gasteiger partial charge >= 0.3 is 21.2 Å². The number of phenolic OH excluding ortho intramolecular Hbond substituents is 1. The number of halogens is 1. The van der Waals surface area contributed by atoms with Gasteiger partial charge in [-0.15, -0.1) is 0 Å². The number of phenols is 1. The first-order chi connectivity index (χ1) is 9.91. The fourth-order valence-electron chi connectivity index (χ4n) is 1.83. The van der Waals surface area contributed by atoms with E-state index in [0.717, 1.165) is 3.57 Å². The van der Waals surface area contributed by atoms with Gasteiger partial charge in [-0.1, -0.05) is 18.2 Å². The maximum Gasteiger partial charge on any atom is 0.361 e. The first kappa shape index (κ1) is 15.5. The first-order valence-electron chi connectivity index (χ1n) is 6.20. The molecule has 0 heterocycles. The van der Waals surface area contributed by atoms with Crippen LogP contribution in [0.25, 0.3) is 0 Å². The first-order valence-corrected chi connectivity index (χ1v) is 8.36. The maximum absolute atomic E-state index is 12.3. The van der Waals surface area contributed by atoms with Crippen LogP contribution in [0.15, 0.2) is 36.4 Å².